The number of fused-ring (bicyclic) bond motifs is 1. The highest BCUT2D eigenvalue weighted by Crippen LogP contribution is 2.39. The molecular weight excluding hydrogens is 610 g/mol. The summed E-state index contributed by atoms with van der Waals surface area (Å²) >= 11 is 6.89. The van der Waals surface area contributed by atoms with Gasteiger partial charge in [0, 0.05) is 0 Å². The number of rotatable bonds is 10. The van der Waals surface area contributed by atoms with Crippen LogP contribution in [-0.4, -0.2) is 82.7 Å². The van der Waals surface area contributed by atoms with E-state index in [0.717, 1.165) is 4.90 Å². The maximum absolute atomic E-state index is 13.8. The standard InChI is InChI=1S/C32H28ClNO9S/c1-2-44-32-25(34-28(36)21-15-9-10-16-22(21)29(34)37)27(43-31(39)20-13-7-4-8-14-20)26(23(41-32)18-40-24(35)17-33)42-30(38)19-11-5-3-6-12-19/h3-16,23,25-27,32H,2,17-18H2,1H3/t23-,25-,26-,27-,32+/m1/s1. The van der Waals surface area contributed by atoms with Gasteiger partial charge in [-0.3, -0.25) is 19.3 Å². The molecule has 2 heterocycles. The minimum atomic E-state index is -1.42. The molecule has 0 radical (unpaired) electrons. The average Bonchev–Trinajstić information content (AvgIpc) is 3.31. The van der Waals surface area contributed by atoms with E-state index in [-0.39, 0.29) is 22.3 Å². The highest BCUT2D eigenvalue weighted by atomic mass is 35.5. The topological polar surface area (TPSA) is 126 Å². The highest BCUT2D eigenvalue weighted by molar-refractivity contribution is 7.99. The molecule has 5 rings (SSSR count). The van der Waals surface area contributed by atoms with Gasteiger partial charge in [-0.15, -0.1) is 23.4 Å². The molecule has 3 aromatic carbocycles. The predicted molar refractivity (Wildman–Crippen MR) is 160 cm³/mol. The SMILES string of the molecule is CCS[C@@H]1O[C@H](COC(=O)CCl)[C@@H](OC(=O)c2ccccc2)[C@H](OC(=O)c2ccccc2)[C@H]1N1C(=O)c2ccccc2C1=O. The van der Waals surface area contributed by atoms with Crippen molar-refractivity contribution in [2.75, 3.05) is 18.2 Å². The first-order valence-corrected chi connectivity index (χ1v) is 15.4. The number of thioether (sulfide) groups is 1. The van der Waals surface area contributed by atoms with Gasteiger partial charge in [-0.25, -0.2) is 9.59 Å². The lowest BCUT2D eigenvalue weighted by molar-refractivity contribution is -0.191. The number of esters is 3. The van der Waals surface area contributed by atoms with Gasteiger partial charge in [0.15, 0.2) is 12.2 Å². The molecule has 228 valence electrons. The van der Waals surface area contributed by atoms with Crippen LogP contribution in [0.25, 0.3) is 0 Å². The lowest BCUT2D eigenvalue weighted by atomic mass is 9.95. The van der Waals surface area contributed by atoms with E-state index in [0.29, 0.717) is 5.75 Å². The van der Waals surface area contributed by atoms with Crippen LogP contribution in [0.1, 0.15) is 48.4 Å². The van der Waals surface area contributed by atoms with Crippen LogP contribution in [0, 0.1) is 0 Å². The average molecular weight is 638 g/mol. The third-order valence-electron chi connectivity index (χ3n) is 7.09. The number of ether oxygens (including phenoxy) is 4. The van der Waals surface area contributed by atoms with Gasteiger partial charge in [-0.05, 0) is 42.2 Å². The Hall–Kier alpha value is -4.19. The molecule has 2 aliphatic heterocycles. The van der Waals surface area contributed by atoms with Crippen LogP contribution in [0.2, 0.25) is 0 Å². The summed E-state index contributed by atoms with van der Waals surface area (Å²) in [5, 5.41) is 0. The van der Waals surface area contributed by atoms with Crippen molar-refractivity contribution in [2.45, 2.75) is 36.7 Å². The van der Waals surface area contributed by atoms with Crippen LogP contribution in [0.5, 0.6) is 0 Å². The smallest absolute Gasteiger partial charge is 0.338 e. The number of imide groups is 1. The Balaban J connectivity index is 1.60. The van der Waals surface area contributed by atoms with Crippen molar-refractivity contribution in [1.29, 1.82) is 0 Å². The maximum Gasteiger partial charge on any atom is 0.338 e. The number of amides is 2. The van der Waals surface area contributed by atoms with Gasteiger partial charge < -0.3 is 18.9 Å². The molecule has 2 aliphatic rings. The molecule has 0 bridgehead atoms. The van der Waals surface area contributed by atoms with Crippen LogP contribution in [0.3, 0.4) is 0 Å². The van der Waals surface area contributed by atoms with Gasteiger partial charge in [0.1, 0.15) is 30.1 Å². The zero-order valence-electron chi connectivity index (χ0n) is 23.5. The second kappa shape index (κ2) is 14.1. The van der Waals surface area contributed by atoms with Crippen molar-refractivity contribution in [3.05, 3.63) is 107 Å². The normalized spacial score (nSPS) is 22.7. The number of benzene rings is 3. The lowest BCUT2D eigenvalue weighted by Gasteiger charge is -2.47. The third-order valence-corrected chi connectivity index (χ3v) is 8.36. The molecule has 44 heavy (non-hydrogen) atoms. The number of carbonyl (C=O) groups excluding carboxylic acids is 5. The van der Waals surface area contributed by atoms with E-state index in [4.69, 9.17) is 30.5 Å². The first-order chi connectivity index (χ1) is 21.3. The number of carbonyl (C=O) groups is 5. The van der Waals surface area contributed by atoms with Crippen molar-refractivity contribution in [2.24, 2.45) is 0 Å². The molecule has 10 nitrogen and oxygen atoms in total. The van der Waals surface area contributed by atoms with E-state index in [2.05, 4.69) is 0 Å². The molecule has 0 N–H and O–H groups in total. The van der Waals surface area contributed by atoms with E-state index >= 15 is 0 Å². The Kier molecular flexibility index (Phi) is 9.99. The second-order valence-corrected chi connectivity index (χ2v) is 11.4. The van der Waals surface area contributed by atoms with E-state index in [1.807, 2.05) is 6.92 Å². The summed E-state index contributed by atoms with van der Waals surface area (Å²) in [6.45, 7) is 1.44. The van der Waals surface area contributed by atoms with Gasteiger partial charge in [-0.2, -0.15) is 0 Å². The summed E-state index contributed by atoms with van der Waals surface area (Å²) in [4.78, 5) is 67.5. The molecule has 0 aromatic heterocycles. The maximum atomic E-state index is 13.8. The minimum Gasteiger partial charge on any atom is -0.462 e. The summed E-state index contributed by atoms with van der Waals surface area (Å²) in [6, 6.07) is 21.3. The zero-order chi connectivity index (χ0) is 31.2. The first-order valence-electron chi connectivity index (χ1n) is 13.8. The molecule has 5 atom stereocenters. The summed E-state index contributed by atoms with van der Waals surface area (Å²) in [5.74, 6) is -3.48. The van der Waals surface area contributed by atoms with Gasteiger partial charge in [0.25, 0.3) is 11.8 Å². The fraction of sp³-hybridized carbons (Fsp3) is 0.281. The molecule has 0 aliphatic carbocycles. The summed E-state index contributed by atoms with van der Waals surface area (Å²) in [7, 11) is 0. The number of hydrogen-bond acceptors (Lipinski definition) is 10. The Morgan fingerprint density at radius 2 is 1.30 bits per heavy atom. The van der Waals surface area contributed by atoms with Crippen molar-refractivity contribution in [3.8, 4) is 0 Å². The van der Waals surface area contributed by atoms with Crippen molar-refractivity contribution in [1.82, 2.24) is 4.90 Å². The van der Waals surface area contributed by atoms with E-state index < -0.39 is 72.0 Å². The van der Waals surface area contributed by atoms with Crippen LogP contribution in [-0.2, 0) is 23.7 Å². The highest BCUT2D eigenvalue weighted by Gasteiger charge is 2.57. The largest absolute Gasteiger partial charge is 0.462 e. The summed E-state index contributed by atoms with van der Waals surface area (Å²) in [6.07, 6.45) is -3.99. The predicted octanol–water partition coefficient (Wildman–Crippen LogP) is 4.36. The van der Waals surface area contributed by atoms with Crippen molar-refractivity contribution in [3.63, 3.8) is 0 Å². The molecule has 2 amide bonds. The van der Waals surface area contributed by atoms with Gasteiger partial charge in [-0.1, -0.05) is 55.5 Å². The summed E-state index contributed by atoms with van der Waals surface area (Å²) in [5.41, 5.74) is -0.205. The Bertz CT molecular complexity index is 1500. The number of halogens is 1. The zero-order valence-corrected chi connectivity index (χ0v) is 25.1. The number of hydrogen-bond donors (Lipinski definition) is 0. The Labute approximate surface area is 262 Å². The van der Waals surface area contributed by atoms with Crippen molar-refractivity contribution < 1.29 is 42.9 Å². The Morgan fingerprint density at radius 1 is 0.795 bits per heavy atom. The molecule has 0 spiro atoms. The quantitative estimate of drug-likeness (QED) is 0.137. The van der Waals surface area contributed by atoms with Crippen LogP contribution < -0.4 is 0 Å². The van der Waals surface area contributed by atoms with E-state index in [9.17, 15) is 24.0 Å². The molecule has 0 saturated carbocycles. The van der Waals surface area contributed by atoms with Crippen LogP contribution in [0.4, 0.5) is 0 Å². The van der Waals surface area contributed by atoms with E-state index in [1.165, 1.54) is 36.0 Å². The van der Waals surface area contributed by atoms with E-state index in [1.54, 1.807) is 60.7 Å². The number of alkyl halides is 1. The van der Waals surface area contributed by atoms with Crippen LogP contribution >= 0.6 is 23.4 Å². The summed E-state index contributed by atoms with van der Waals surface area (Å²) < 4.78 is 23.6. The third kappa shape index (κ3) is 6.50. The number of nitrogens with zero attached hydrogens (tertiary/aromatic N) is 1. The monoisotopic (exact) mass is 637 g/mol. The molecule has 12 heteroatoms. The van der Waals surface area contributed by atoms with Gasteiger partial charge >= 0.3 is 17.9 Å². The fourth-order valence-corrected chi connectivity index (χ4v) is 6.20. The Morgan fingerprint density at radius 3 is 1.80 bits per heavy atom. The molecular formula is C32H28ClNO9S. The van der Waals surface area contributed by atoms with Gasteiger partial charge in [0.2, 0.25) is 0 Å². The minimum absolute atomic E-state index is 0.182. The molecule has 1 saturated heterocycles. The molecule has 0 unspecified atom stereocenters. The van der Waals surface area contributed by atoms with Crippen molar-refractivity contribution >= 4 is 53.1 Å². The molecule has 3 aromatic rings. The lowest BCUT2D eigenvalue weighted by Crippen LogP contribution is -2.66. The van der Waals surface area contributed by atoms with Crippen LogP contribution in [0.15, 0.2) is 84.9 Å². The fourth-order valence-electron chi connectivity index (χ4n) is 5.10. The first kappa shape index (κ1) is 31.2. The second-order valence-electron chi connectivity index (χ2n) is 9.80. The van der Waals surface area contributed by atoms with Gasteiger partial charge in [0.05, 0.1) is 22.3 Å². The molecule has 1 fully saturated rings.